The van der Waals surface area contributed by atoms with E-state index in [2.05, 4.69) is 11.9 Å². The molecular formula is C19H21ClN2O2S. The standard InChI is InChI=1S/C19H21ClN2O2S/c1-15-10-12-22(13-11-15)25(23,24)19-8-6-18(7-9-19)21-14-16-2-4-17(20)5-3-16/h2-9,14-15H,10-13H2,1H3. The molecule has 0 aromatic heterocycles. The predicted molar refractivity (Wildman–Crippen MR) is 102 cm³/mol. The lowest BCUT2D eigenvalue weighted by Crippen LogP contribution is -2.37. The average Bonchev–Trinajstić information content (AvgIpc) is 2.62. The zero-order chi connectivity index (χ0) is 17.9. The molecule has 0 amide bonds. The van der Waals surface area contributed by atoms with Gasteiger partial charge >= 0.3 is 0 Å². The summed E-state index contributed by atoms with van der Waals surface area (Å²) in [6.07, 6.45) is 3.57. The minimum Gasteiger partial charge on any atom is -0.256 e. The number of nitrogens with zero attached hydrogens (tertiary/aromatic N) is 2. The molecule has 25 heavy (non-hydrogen) atoms. The van der Waals surface area contributed by atoms with E-state index < -0.39 is 10.0 Å². The lowest BCUT2D eigenvalue weighted by molar-refractivity contribution is 0.288. The Balaban J connectivity index is 1.72. The molecule has 0 unspecified atom stereocenters. The molecule has 0 bridgehead atoms. The Morgan fingerprint density at radius 1 is 1.04 bits per heavy atom. The molecule has 0 radical (unpaired) electrons. The van der Waals surface area contributed by atoms with Crippen molar-refractivity contribution in [1.82, 2.24) is 4.31 Å². The highest BCUT2D eigenvalue weighted by molar-refractivity contribution is 7.89. The van der Waals surface area contributed by atoms with E-state index in [9.17, 15) is 8.42 Å². The number of sulfonamides is 1. The van der Waals surface area contributed by atoms with Gasteiger partial charge in [0.15, 0.2) is 0 Å². The van der Waals surface area contributed by atoms with E-state index in [4.69, 9.17) is 11.6 Å². The fourth-order valence-corrected chi connectivity index (χ4v) is 4.37. The van der Waals surface area contributed by atoms with Gasteiger partial charge in [0.2, 0.25) is 10.0 Å². The maximum Gasteiger partial charge on any atom is 0.243 e. The SMILES string of the molecule is CC1CCN(S(=O)(=O)c2ccc(N=Cc3ccc(Cl)cc3)cc2)CC1. The first kappa shape index (κ1) is 18.1. The number of aliphatic imine (C=N–C) groups is 1. The summed E-state index contributed by atoms with van der Waals surface area (Å²) in [5, 5.41) is 0.679. The van der Waals surface area contributed by atoms with Gasteiger partial charge in [-0.15, -0.1) is 0 Å². The van der Waals surface area contributed by atoms with Gasteiger partial charge < -0.3 is 0 Å². The van der Waals surface area contributed by atoms with E-state index >= 15 is 0 Å². The van der Waals surface area contributed by atoms with Gasteiger partial charge in [-0.05, 0) is 60.7 Å². The summed E-state index contributed by atoms with van der Waals surface area (Å²) >= 11 is 5.86. The van der Waals surface area contributed by atoms with Gasteiger partial charge in [0.1, 0.15) is 0 Å². The summed E-state index contributed by atoms with van der Waals surface area (Å²) in [5.41, 5.74) is 1.64. The van der Waals surface area contributed by atoms with Gasteiger partial charge in [-0.1, -0.05) is 30.7 Å². The van der Waals surface area contributed by atoms with Crippen LogP contribution in [-0.2, 0) is 10.0 Å². The summed E-state index contributed by atoms with van der Waals surface area (Å²) in [5.74, 6) is 0.594. The minimum absolute atomic E-state index is 0.326. The van der Waals surface area contributed by atoms with Crippen molar-refractivity contribution in [1.29, 1.82) is 0 Å². The highest BCUT2D eigenvalue weighted by Gasteiger charge is 2.27. The Kier molecular flexibility index (Phi) is 5.57. The van der Waals surface area contributed by atoms with Crippen LogP contribution in [0.25, 0.3) is 0 Å². The molecule has 0 aliphatic carbocycles. The van der Waals surface area contributed by atoms with Gasteiger partial charge in [0.25, 0.3) is 0 Å². The molecule has 2 aromatic rings. The average molecular weight is 377 g/mol. The Morgan fingerprint density at radius 2 is 1.64 bits per heavy atom. The van der Waals surface area contributed by atoms with E-state index in [1.165, 1.54) is 0 Å². The van der Waals surface area contributed by atoms with Crippen molar-refractivity contribution in [3.8, 4) is 0 Å². The molecule has 1 saturated heterocycles. The van der Waals surface area contributed by atoms with Crippen molar-refractivity contribution in [3.63, 3.8) is 0 Å². The molecular weight excluding hydrogens is 356 g/mol. The topological polar surface area (TPSA) is 49.7 Å². The van der Waals surface area contributed by atoms with E-state index in [1.807, 2.05) is 12.1 Å². The zero-order valence-electron chi connectivity index (χ0n) is 14.1. The second-order valence-corrected chi connectivity index (χ2v) is 8.76. The summed E-state index contributed by atoms with van der Waals surface area (Å²) in [4.78, 5) is 4.70. The van der Waals surface area contributed by atoms with Crippen LogP contribution in [-0.4, -0.2) is 32.0 Å². The molecule has 2 aromatic carbocycles. The molecule has 132 valence electrons. The van der Waals surface area contributed by atoms with E-state index in [0.29, 0.717) is 34.6 Å². The third-order valence-electron chi connectivity index (χ3n) is 4.45. The van der Waals surface area contributed by atoms with E-state index in [0.717, 1.165) is 18.4 Å². The summed E-state index contributed by atoms with van der Waals surface area (Å²) in [7, 11) is -3.41. The third-order valence-corrected chi connectivity index (χ3v) is 6.61. The predicted octanol–water partition coefficient (Wildman–Crippen LogP) is 4.51. The number of hydrogen-bond acceptors (Lipinski definition) is 3. The van der Waals surface area contributed by atoms with Crippen molar-refractivity contribution in [3.05, 3.63) is 59.1 Å². The molecule has 0 N–H and O–H groups in total. The molecule has 0 atom stereocenters. The van der Waals surface area contributed by atoms with Crippen LogP contribution in [0.2, 0.25) is 5.02 Å². The monoisotopic (exact) mass is 376 g/mol. The zero-order valence-corrected chi connectivity index (χ0v) is 15.7. The molecule has 1 aliphatic heterocycles. The van der Waals surface area contributed by atoms with Crippen molar-refractivity contribution in [2.24, 2.45) is 10.9 Å². The highest BCUT2D eigenvalue weighted by atomic mass is 35.5. The normalized spacial score (nSPS) is 17.2. The summed E-state index contributed by atoms with van der Waals surface area (Å²) < 4.78 is 27.0. The van der Waals surface area contributed by atoms with Crippen LogP contribution in [0, 0.1) is 5.92 Å². The number of piperidine rings is 1. The fourth-order valence-electron chi connectivity index (χ4n) is 2.78. The third kappa shape index (κ3) is 4.48. The number of rotatable bonds is 4. The van der Waals surface area contributed by atoms with Crippen LogP contribution < -0.4 is 0 Å². The fraction of sp³-hybridized carbons (Fsp3) is 0.316. The maximum atomic E-state index is 12.7. The lowest BCUT2D eigenvalue weighted by Gasteiger charge is -2.29. The second kappa shape index (κ2) is 7.68. The Morgan fingerprint density at radius 3 is 2.24 bits per heavy atom. The van der Waals surface area contributed by atoms with E-state index in [-0.39, 0.29) is 0 Å². The number of benzene rings is 2. The highest BCUT2D eigenvalue weighted by Crippen LogP contribution is 2.25. The molecule has 0 spiro atoms. The van der Waals surface area contributed by atoms with Crippen molar-refractivity contribution >= 4 is 33.5 Å². The number of hydrogen-bond donors (Lipinski definition) is 0. The second-order valence-electron chi connectivity index (χ2n) is 6.39. The van der Waals surface area contributed by atoms with Crippen LogP contribution in [0.3, 0.4) is 0 Å². The molecule has 4 nitrogen and oxygen atoms in total. The maximum absolute atomic E-state index is 12.7. The molecule has 1 aliphatic rings. The van der Waals surface area contributed by atoms with Crippen molar-refractivity contribution in [2.75, 3.05) is 13.1 Å². The quantitative estimate of drug-likeness (QED) is 0.737. The van der Waals surface area contributed by atoms with Crippen LogP contribution in [0.5, 0.6) is 0 Å². The first-order valence-corrected chi connectivity index (χ1v) is 10.2. The Hall–Kier alpha value is -1.69. The largest absolute Gasteiger partial charge is 0.256 e. The van der Waals surface area contributed by atoms with Gasteiger partial charge in [-0.2, -0.15) is 4.31 Å². The first-order valence-electron chi connectivity index (χ1n) is 8.35. The van der Waals surface area contributed by atoms with Crippen molar-refractivity contribution < 1.29 is 8.42 Å². The molecule has 6 heteroatoms. The van der Waals surface area contributed by atoms with Gasteiger partial charge in [0.05, 0.1) is 10.6 Å². The van der Waals surface area contributed by atoms with Gasteiger partial charge in [-0.3, -0.25) is 4.99 Å². The summed E-state index contributed by atoms with van der Waals surface area (Å²) in [6.45, 7) is 3.36. The Bertz CT molecular complexity index is 838. The summed E-state index contributed by atoms with van der Waals surface area (Å²) in [6, 6.07) is 14.1. The Labute approximate surface area is 154 Å². The minimum atomic E-state index is -3.41. The lowest BCUT2D eigenvalue weighted by atomic mass is 10.0. The van der Waals surface area contributed by atoms with Crippen LogP contribution in [0.15, 0.2) is 58.4 Å². The molecule has 1 heterocycles. The molecule has 3 rings (SSSR count). The first-order chi connectivity index (χ1) is 11.9. The smallest absolute Gasteiger partial charge is 0.243 e. The molecule has 0 saturated carbocycles. The number of halogens is 1. The van der Waals surface area contributed by atoms with Crippen LogP contribution in [0.1, 0.15) is 25.3 Å². The van der Waals surface area contributed by atoms with Crippen molar-refractivity contribution in [2.45, 2.75) is 24.7 Å². The molecule has 1 fully saturated rings. The van der Waals surface area contributed by atoms with Crippen LogP contribution >= 0.6 is 11.6 Å². The van der Waals surface area contributed by atoms with Gasteiger partial charge in [0, 0.05) is 24.3 Å². The van der Waals surface area contributed by atoms with Gasteiger partial charge in [-0.25, -0.2) is 8.42 Å². The van der Waals surface area contributed by atoms with Crippen LogP contribution in [0.4, 0.5) is 5.69 Å². The van der Waals surface area contributed by atoms with E-state index in [1.54, 1.807) is 46.9 Å².